The second kappa shape index (κ2) is 6.13. The third-order valence-corrected chi connectivity index (χ3v) is 4.14. The Labute approximate surface area is 122 Å². The van der Waals surface area contributed by atoms with E-state index >= 15 is 0 Å². The number of nitrogen functional groups attached to an aromatic ring is 1. The number of hydrogen-bond donors (Lipinski definition) is 3. The molecule has 1 atom stereocenters. The van der Waals surface area contributed by atoms with Crippen LogP contribution in [0.1, 0.15) is 19.8 Å². The van der Waals surface area contributed by atoms with E-state index in [0.29, 0.717) is 27.6 Å². The molecule has 106 valence electrons. The topological polar surface area (TPSA) is 74.4 Å². The average Bonchev–Trinajstić information content (AvgIpc) is 2.39. The second-order valence-electron chi connectivity index (χ2n) is 4.83. The van der Waals surface area contributed by atoms with E-state index < -0.39 is 0 Å². The minimum absolute atomic E-state index is 0.267. The van der Waals surface area contributed by atoms with E-state index in [1.165, 1.54) is 0 Å². The number of piperidine rings is 1. The van der Waals surface area contributed by atoms with Crippen molar-refractivity contribution in [2.45, 2.75) is 25.9 Å². The Morgan fingerprint density at radius 3 is 2.58 bits per heavy atom. The van der Waals surface area contributed by atoms with Crippen LogP contribution in [0.15, 0.2) is 6.07 Å². The summed E-state index contributed by atoms with van der Waals surface area (Å²) in [5.74, 6) is 6.81. The predicted octanol–water partition coefficient (Wildman–Crippen LogP) is 2.27. The predicted molar refractivity (Wildman–Crippen MR) is 78.7 cm³/mol. The summed E-state index contributed by atoms with van der Waals surface area (Å²) in [6.45, 7) is 3.46. The molecule has 19 heavy (non-hydrogen) atoms. The molecule has 7 heteroatoms. The van der Waals surface area contributed by atoms with Gasteiger partial charge in [0, 0.05) is 13.1 Å². The van der Waals surface area contributed by atoms with Crippen LogP contribution in [0.2, 0.25) is 10.0 Å². The number of aliphatic hydroxyl groups is 1. The van der Waals surface area contributed by atoms with Gasteiger partial charge in [-0.3, -0.25) is 0 Å². The number of nitrogens with two attached hydrogens (primary N) is 1. The van der Waals surface area contributed by atoms with Crippen LogP contribution >= 0.6 is 23.2 Å². The molecule has 5 nitrogen and oxygen atoms in total. The fourth-order valence-corrected chi connectivity index (χ4v) is 2.91. The quantitative estimate of drug-likeness (QED) is 0.590. The molecule has 1 aliphatic heterocycles. The van der Waals surface area contributed by atoms with Crippen molar-refractivity contribution in [1.82, 2.24) is 4.98 Å². The lowest BCUT2D eigenvalue weighted by Gasteiger charge is -2.34. The van der Waals surface area contributed by atoms with E-state index in [2.05, 4.69) is 15.3 Å². The highest BCUT2D eigenvalue weighted by atomic mass is 35.5. The van der Waals surface area contributed by atoms with Crippen LogP contribution < -0.4 is 16.2 Å². The van der Waals surface area contributed by atoms with Crippen LogP contribution in [-0.4, -0.2) is 29.3 Å². The lowest BCUT2D eigenvalue weighted by molar-refractivity contribution is 0.110. The van der Waals surface area contributed by atoms with Crippen LogP contribution in [0.5, 0.6) is 0 Å². The number of anilines is 2. The van der Waals surface area contributed by atoms with Gasteiger partial charge in [0.2, 0.25) is 0 Å². The minimum Gasteiger partial charge on any atom is -0.393 e. The molecule has 1 fully saturated rings. The number of hydrogen-bond acceptors (Lipinski definition) is 5. The maximum Gasteiger partial charge on any atom is 0.161 e. The lowest BCUT2D eigenvalue weighted by Crippen LogP contribution is -2.37. The first-order valence-corrected chi connectivity index (χ1v) is 7.04. The summed E-state index contributed by atoms with van der Waals surface area (Å²) in [6.07, 6.45) is 1.57. The first-order valence-electron chi connectivity index (χ1n) is 6.28. The van der Waals surface area contributed by atoms with Gasteiger partial charge in [0.05, 0.1) is 16.1 Å². The fraction of sp³-hybridized carbons (Fsp3) is 0.583. The summed E-state index contributed by atoms with van der Waals surface area (Å²) >= 11 is 12.1. The van der Waals surface area contributed by atoms with Crippen molar-refractivity contribution in [2.75, 3.05) is 23.4 Å². The smallest absolute Gasteiger partial charge is 0.161 e. The van der Waals surface area contributed by atoms with Crippen molar-refractivity contribution in [3.8, 4) is 0 Å². The lowest BCUT2D eigenvalue weighted by atomic mass is 9.92. The molecule has 0 bridgehead atoms. The number of rotatable bonds is 3. The summed E-state index contributed by atoms with van der Waals surface area (Å²) < 4.78 is 0. The van der Waals surface area contributed by atoms with E-state index in [1.54, 1.807) is 6.07 Å². The zero-order chi connectivity index (χ0) is 14.0. The molecule has 1 aliphatic rings. The maximum atomic E-state index is 9.60. The Morgan fingerprint density at radius 1 is 1.42 bits per heavy atom. The highest BCUT2D eigenvalue weighted by Gasteiger charge is 2.25. The number of pyridine rings is 1. The first-order chi connectivity index (χ1) is 9.02. The van der Waals surface area contributed by atoms with Gasteiger partial charge in [0.1, 0.15) is 5.82 Å². The number of aliphatic hydroxyl groups excluding tert-OH is 1. The Balaban J connectivity index is 2.15. The Hall–Kier alpha value is -0.750. The summed E-state index contributed by atoms with van der Waals surface area (Å²) in [5.41, 5.74) is 2.46. The van der Waals surface area contributed by atoms with E-state index in [4.69, 9.17) is 29.0 Å². The van der Waals surface area contributed by atoms with E-state index in [-0.39, 0.29) is 6.10 Å². The third-order valence-electron chi connectivity index (χ3n) is 3.57. The molecule has 0 amide bonds. The molecular weight excluding hydrogens is 287 g/mol. The monoisotopic (exact) mass is 304 g/mol. The summed E-state index contributed by atoms with van der Waals surface area (Å²) in [4.78, 5) is 6.44. The summed E-state index contributed by atoms with van der Waals surface area (Å²) in [6, 6.07) is 1.64. The molecule has 4 N–H and O–H groups in total. The zero-order valence-electron chi connectivity index (χ0n) is 10.7. The SMILES string of the molecule is CC(O)C1CCN(c2nc(NN)c(Cl)cc2Cl)CC1. The van der Waals surface area contributed by atoms with Gasteiger partial charge < -0.3 is 15.4 Å². The van der Waals surface area contributed by atoms with Gasteiger partial charge in [-0.05, 0) is 31.7 Å². The molecule has 0 aliphatic carbocycles. The average molecular weight is 305 g/mol. The first kappa shape index (κ1) is 14.7. The third kappa shape index (κ3) is 3.23. The van der Waals surface area contributed by atoms with Crippen molar-refractivity contribution in [2.24, 2.45) is 11.8 Å². The van der Waals surface area contributed by atoms with E-state index in [1.807, 2.05) is 6.92 Å². The molecule has 1 aromatic rings. The molecule has 0 spiro atoms. The molecule has 0 saturated carbocycles. The minimum atomic E-state index is -0.267. The van der Waals surface area contributed by atoms with Crippen LogP contribution in [0.25, 0.3) is 0 Å². The fourth-order valence-electron chi connectivity index (χ4n) is 2.37. The van der Waals surface area contributed by atoms with Gasteiger partial charge in [-0.25, -0.2) is 10.8 Å². The Bertz CT molecular complexity index is 448. The highest BCUT2D eigenvalue weighted by Crippen LogP contribution is 2.33. The molecule has 1 saturated heterocycles. The molecule has 1 unspecified atom stereocenters. The van der Waals surface area contributed by atoms with Crippen LogP contribution in [0.3, 0.4) is 0 Å². The van der Waals surface area contributed by atoms with Crippen molar-refractivity contribution < 1.29 is 5.11 Å². The highest BCUT2D eigenvalue weighted by molar-refractivity contribution is 6.37. The van der Waals surface area contributed by atoms with Crippen molar-refractivity contribution in [3.05, 3.63) is 16.1 Å². The standard InChI is InChI=1S/C12H18Cl2N4O/c1-7(19)8-2-4-18(5-3-8)12-10(14)6-9(13)11(16-12)17-15/h6-8,19H,2-5,15H2,1H3,(H,16,17). The van der Waals surface area contributed by atoms with Crippen molar-refractivity contribution in [1.29, 1.82) is 0 Å². The summed E-state index contributed by atoms with van der Waals surface area (Å²) in [7, 11) is 0. The van der Waals surface area contributed by atoms with Gasteiger partial charge in [-0.1, -0.05) is 23.2 Å². The van der Waals surface area contributed by atoms with Gasteiger partial charge in [0.15, 0.2) is 5.82 Å². The Morgan fingerprint density at radius 2 is 2.05 bits per heavy atom. The van der Waals surface area contributed by atoms with E-state index in [9.17, 15) is 5.11 Å². The molecule has 0 radical (unpaired) electrons. The number of nitrogens with zero attached hydrogens (tertiary/aromatic N) is 2. The van der Waals surface area contributed by atoms with Gasteiger partial charge in [0.25, 0.3) is 0 Å². The maximum absolute atomic E-state index is 9.60. The zero-order valence-corrected chi connectivity index (χ0v) is 12.2. The van der Waals surface area contributed by atoms with Crippen LogP contribution in [0.4, 0.5) is 11.6 Å². The van der Waals surface area contributed by atoms with Crippen molar-refractivity contribution in [3.63, 3.8) is 0 Å². The number of nitrogens with one attached hydrogen (secondary N) is 1. The molecule has 2 rings (SSSR count). The van der Waals surface area contributed by atoms with Crippen molar-refractivity contribution >= 4 is 34.8 Å². The molecule has 0 aromatic carbocycles. The number of hydrazine groups is 1. The molecule has 2 heterocycles. The van der Waals surface area contributed by atoms with Gasteiger partial charge in [-0.15, -0.1) is 0 Å². The summed E-state index contributed by atoms with van der Waals surface area (Å²) in [5, 5.41) is 10.5. The van der Waals surface area contributed by atoms with Gasteiger partial charge >= 0.3 is 0 Å². The second-order valence-corrected chi connectivity index (χ2v) is 5.65. The molecular formula is C12H18Cl2N4O. The van der Waals surface area contributed by atoms with E-state index in [0.717, 1.165) is 25.9 Å². The van der Waals surface area contributed by atoms with Crippen LogP contribution in [-0.2, 0) is 0 Å². The number of halogens is 2. The van der Waals surface area contributed by atoms with Gasteiger partial charge in [-0.2, -0.15) is 0 Å². The normalized spacial score (nSPS) is 18.5. The molecule has 1 aromatic heterocycles. The Kier molecular flexibility index (Phi) is 4.73. The number of aromatic nitrogens is 1. The van der Waals surface area contributed by atoms with Crippen LogP contribution in [0, 0.1) is 5.92 Å². The largest absolute Gasteiger partial charge is 0.393 e.